The van der Waals surface area contributed by atoms with Crippen molar-refractivity contribution in [2.45, 2.75) is 19.6 Å². The van der Waals surface area contributed by atoms with Gasteiger partial charge in [0.2, 0.25) is 5.88 Å². The van der Waals surface area contributed by atoms with Gasteiger partial charge in [0.1, 0.15) is 24.0 Å². The molecule has 0 saturated heterocycles. The fourth-order valence-corrected chi connectivity index (χ4v) is 3.79. The third kappa shape index (κ3) is 4.40. The van der Waals surface area contributed by atoms with Crippen LogP contribution in [0.2, 0.25) is 5.02 Å². The van der Waals surface area contributed by atoms with Gasteiger partial charge in [-0.25, -0.2) is 23.1 Å². The van der Waals surface area contributed by atoms with Gasteiger partial charge >= 0.3 is 5.69 Å². The molecule has 0 aliphatic heterocycles. The molecule has 0 aliphatic rings. The van der Waals surface area contributed by atoms with Gasteiger partial charge in [0.15, 0.2) is 34.6 Å². The number of hydrogen-bond donors (Lipinski definition) is 2. The van der Waals surface area contributed by atoms with E-state index in [1.807, 2.05) is 0 Å². The Morgan fingerprint density at radius 2 is 1.81 bits per heavy atom. The summed E-state index contributed by atoms with van der Waals surface area (Å²) in [7, 11) is 4.04. The lowest BCUT2D eigenvalue weighted by Crippen LogP contribution is -2.16. The van der Waals surface area contributed by atoms with Crippen LogP contribution in [0.1, 0.15) is 24.4 Å². The van der Waals surface area contributed by atoms with Crippen LogP contribution in [0.25, 0.3) is 16.9 Å². The number of fused-ring (bicyclic) bond motifs is 1. The molecule has 1 atom stereocenters. The molecule has 0 radical (unpaired) electrons. The Morgan fingerprint density at radius 1 is 1.08 bits per heavy atom. The van der Waals surface area contributed by atoms with Gasteiger partial charge in [0, 0.05) is 12.1 Å². The average Bonchev–Trinajstić information content (AvgIpc) is 3.20. The Morgan fingerprint density at radius 3 is 2.44 bits per heavy atom. The van der Waals surface area contributed by atoms with Crippen molar-refractivity contribution in [1.29, 1.82) is 0 Å². The number of imidazole rings is 1. The number of aromatic amines is 1. The van der Waals surface area contributed by atoms with E-state index in [1.54, 1.807) is 0 Å². The topological polar surface area (TPSA) is 121 Å². The number of aliphatic hydroxyl groups excluding tert-OH is 1. The van der Waals surface area contributed by atoms with Crippen molar-refractivity contribution in [3.63, 3.8) is 0 Å². The van der Waals surface area contributed by atoms with Crippen molar-refractivity contribution in [2.75, 3.05) is 21.3 Å². The van der Waals surface area contributed by atoms with Crippen LogP contribution in [-0.2, 0) is 6.61 Å². The van der Waals surface area contributed by atoms with Crippen molar-refractivity contribution >= 4 is 22.8 Å². The summed E-state index contributed by atoms with van der Waals surface area (Å²) in [5, 5.41) is 10.1. The first-order chi connectivity index (χ1) is 17.2. The van der Waals surface area contributed by atoms with Crippen molar-refractivity contribution in [1.82, 2.24) is 19.5 Å². The second-order valence-electron chi connectivity index (χ2n) is 7.52. The Kier molecular flexibility index (Phi) is 7.00. The summed E-state index contributed by atoms with van der Waals surface area (Å²) in [5.41, 5.74) is -0.394. The molecular formula is C23H21ClF2N4O6. The molecule has 0 fully saturated rings. The second kappa shape index (κ2) is 9.99. The van der Waals surface area contributed by atoms with E-state index < -0.39 is 30.0 Å². The molecule has 13 heteroatoms. The number of nitrogens with zero attached hydrogens (tertiary/aromatic N) is 3. The van der Waals surface area contributed by atoms with E-state index in [9.17, 15) is 18.7 Å². The quantitative estimate of drug-likeness (QED) is 0.359. The smallest absolute Gasteiger partial charge is 0.332 e. The van der Waals surface area contributed by atoms with Crippen molar-refractivity contribution in [3.8, 4) is 28.8 Å². The van der Waals surface area contributed by atoms with E-state index in [0.717, 1.165) is 10.6 Å². The van der Waals surface area contributed by atoms with Crippen molar-refractivity contribution < 1.29 is 32.8 Å². The SMILES string of the molecule is COc1cc(Cl)c(-n2c(=O)[nH]c3c(OC)nc(C(C)O)nc32)cc1OCc1c(OC)ccc(F)c1F. The number of aliphatic hydroxyl groups is 1. The molecule has 4 aromatic rings. The summed E-state index contributed by atoms with van der Waals surface area (Å²) in [6, 6.07) is 5.00. The molecule has 1 unspecified atom stereocenters. The minimum Gasteiger partial charge on any atom is -0.496 e. The molecule has 36 heavy (non-hydrogen) atoms. The van der Waals surface area contributed by atoms with E-state index >= 15 is 0 Å². The fourth-order valence-electron chi connectivity index (χ4n) is 3.55. The van der Waals surface area contributed by atoms with Crippen LogP contribution in [-0.4, -0.2) is 46.0 Å². The lowest BCUT2D eigenvalue weighted by Gasteiger charge is -2.16. The Balaban J connectivity index is 1.85. The largest absolute Gasteiger partial charge is 0.496 e. The number of aromatic nitrogens is 4. The molecule has 0 amide bonds. The highest BCUT2D eigenvalue weighted by Gasteiger charge is 2.23. The molecule has 0 bridgehead atoms. The van der Waals surface area contributed by atoms with Gasteiger partial charge in [-0.1, -0.05) is 11.6 Å². The van der Waals surface area contributed by atoms with Crippen LogP contribution in [0.3, 0.4) is 0 Å². The minimum absolute atomic E-state index is 0.0156. The number of halogens is 3. The maximum Gasteiger partial charge on any atom is 0.332 e. The molecule has 0 spiro atoms. The zero-order chi connectivity index (χ0) is 26.1. The molecule has 2 N–H and O–H groups in total. The third-order valence-electron chi connectivity index (χ3n) is 5.31. The molecule has 2 aromatic carbocycles. The highest BCUT2D eigenvalue weighted by atomic mass is 35.5. The Hall–Kier alpha value is -3.90. The summed E-state index contributed by atoms with van der Waals surface area (Å²) in [6.07, 6.45) is -1.05. The first kappa shape index (κ1) is 25.2. The molecular weight excluding hydrogens is 502 g/mol. The standard InChI is InChI=1S/C23H21ClF2N4O6/c1-10(31)20-28-21-19(22(29-20)35-4)27-23(32)30(21)14-8-17(16(34-3)7-12(14)24)36-9-11-15(33-2)6-5-13(25)18(11)26/h5-8,10,31H,9H2,1-4H3,(H,27,32). The van der Waals surface area contributed by atoms with Crippen LogP contribution < -0.4 is 24.6 Å². The van der Waals surface area contributed by atoms with E-state index in [2.05, 4.69) is 15.0 Å². The maximum atomic E-state index is 14.4. The predicted octanol–water partition coefficient (Wildman–Crippen LogP) is 3.70. The lowest BCUT2D eigenvalue weighted by atomic mass is 10.2. The summed E-state index contributed by atoms with van der Waals surface area (Å²) >= 11 is 6.47. The molecule has 2 heterocycles. The van der Waals surface area contributed by atoms with Gasteiger partial charge in [0.05, 0.1) is 37.6 Å². The molecule has 0 aliphatic carbocycles. The van der Waals surface area contributed by atoms with Crippen LogP contribution >= 0.6 is 11.6 Å². The first-order valence-corrected chi connectivity index (χ1v) is 10.8. The number of benzene rings is 2. The van der Waals surface area contributed by atoms with Crippen LogP contribution in [0.15, 0.2) is 29.1 Å². The van der Waals surface area contributed by atoms with Gasteiger partial charge < -0.3 is 24.1 Å². The van der Waals surface area contributed by atoms with E-state index in [-0.39, 0.29) is 56.4 Å². The average molecular weight is 523 g/mol. The first-order valence-electron chi connectivity index (χ1n) is 10.5. The predicted molar refractivity (Wildman–Crippen MR) is 125 cm³/mol. The Bertz CT molecular complexity index is 1500. The molecule has 0 saturated carbocycles. The minimum atomic E-state index is -1.12. The van der Waals surface area contributed by atoms with Crippen LogP contribution in [0.5, 0.6) is 23.1 Å². The maximum absolute atomic E-state index is 14.4. The van der Waals surface area contributed by atoms with Gasteiger partial charge in [-0.05, 0) is 19.1 Å². The zero-order valence-corrected chi connectivity index (χ0v) is 20.3. The molecule has 10 nitrogen and oxygen atoms in total. The van der Waals surface area contributed by atoms with Crippen LogP contribution in [0, 0.1) is 11.6 Å². The zero-order valence-electron chi connectivity index (χ0n) is 19.6. The fraction of sp³-hybridized carbons (Fsp3) is 0.261. The highest BCUT2D eigenvalue weighted by molar-refractivity contribution is 6.32. The van der Waals surface area contributed by atoms with E-state index in [1.165, 1.54) is 46.5 Å². The number of methoxy groups -OCH3 is 3. The normalized spacial score (nSPS) is 12.0. The van der Waals surface area contributed by atoms with Gasteiger partial charge in [-0.15, -0.1) is 0 Å². The number of H-pyrrole nitrogens is 1. The summed E-state index contributed by atoms with van der Waals surface area (Å²) in [6.45, 7) is 1.04. The number of nitrogens with one attached hydrogen (secondary N) is 1. The molecule has 4 rings (SSSR count). The summed E-state index contributed by atoms with van der Waals surface area (Å²) < 4.78 is 50.8. The number of hydrogen-bond acceptors (Lipinski definition) is 8. The van der Waals surface area contributed by atoms with Crippen molar-refractivity contribution in [2.24, 2.45) is 0 Å². The summed E-state index contributed by atoms with van der Waals surface area (Å²) in [4.78, 5) is 23.9. The van der Waals surface area contributed by atoms with E-state index in [4.69, 9.17) is 30.5 Å². The van der Waals surface area contributed by atoms with Gasteiger partial charge in [-0.3, -0.25) is 4.98 Å². The highest BCUT2D eigenvalue weighted by Crippen LogP contribution is 2.37. The summed E-state index contributed by atoms with van der Waals surface area (Å²) in [5.74, 6) is -1.80. The molecule has 2 aromatic heterocycles. The van der Waals surface area contributed by atoms with Gasteiger partial charge in [-0.2, -0.15) is 4.98 Å². The van der Waals surface area contributed by atoms with Gasteiger partial charge in [0.25, 0.3) is 0 Å². The van der Waals surface area contributed by atoms with Crippen molar-refractivity contribution in [3.05, 3.63) is 62.8 Å². The monoisotopic (exact) mass is 522 g/mol. The second-order valence-corrected chi connectivity index (χ2v) is 7.92. The molecule has 190 valence electrons. The van der Waals surface area contributed by atoms with E-state index in [0.29, 0.717) is 0 Å². The third-order valence-corrected chi connectivity index (χ3v) is 5.61. The number of ether oxygens (including phenoxy) is 4. The van der Waals surface area contributed by atoms with Crippen LogP contribution in [0.4, 0.5) is 8.78 Å². The Labute approximate surface area is 208 Å². The number of rotatable bonds is 8. The lowest BCUT2D eigenvalue weighted by molar-refractivity contribution is 0.188.